The number of hydrogen-bond acceptors (Lipinski definition) is 12. The first-order valence-electron chi connectivity index (χ1n) is 13.5. The first kappa shape index (κ1) is 32.0. The van der Waals surface area contributed by atoms with Gasteiger partial charge in [0.2, 0.25) is 0 Å². The van der Waals surface area contributed by atoms with Crippen molar-refractivity contribution in [3.05, 3.63) is 55.1 Å². The highest BCUT2D eigenvalue weighted by Gasteiger charge is 2.61. The predicted octanol–water partition coefficient (Wildman–Crippen LogP) is 3.07. The molecule has 44 heavy (non-hydrogen) atoms. The van der Waals surface area contributed by atoms with Crippen LogP contribution in [0.2, 0.25) is 0 Å². The molecule has 1 fully saturated rings. The molecule has 0 aliphatic carbocycles. The van der Waals surface area contributed by atoms with E-state index >= 15 is 0 Å². The topological polar surface area (TPSA) is 176 Å². The van der Waals surface area contributed by atoms with Crippen LogP contribution in [0, 0.1) is 0 Å². The third-order valence-electron chi connectivity index (χ3n) is 6.97. The SMILES string of the molecule is CC(C)OC(=O)[C@H](C)NP(=S)(OC[C@@]1(C(F)F)O[C@@H](n2cnc3c(N)ncnc32)[C@H](O)[C@H]1O)Oc1cccc2ccccc12. The monoisotopic (exact) mass is 652 g/mol. The van der Waals surface area contributed by atoms with Gasteiger partial charge in [0.1, 0.15) is 35.8 Å². The number of aromatic nitrogens is 4. The van der Waals surface area contributed by atoms with Gasteiger partial charge in [0.05, 0.1) is 19.0 Å². The molecular formula is C27H31F2N6O7PS. The molecule has 1 saturated heterocycles. The summed E-state index contributed by atoms with van der Waals surface area (Å²) < 4.78 is 53.9. The lowest BCUT2D eigenvalue weighted by Crippen LogP contribution is -2.53. The van der Waals surface area contributed by atoms with Crippen molar-refractivity contribution in [1.29, 1.82) is 0 Å². The maximum atomic E-state index is 14.9. The van der Waals surface area contributed by atoms with Crippen molar-refractivity contribution in [1.82, 2.24) is 24.6 Å². The van der Waals surface area contributed by atoms with Gasteiger partial charge in [0.15, 0.2) is 23.3 Å². The minimum absolute atomic E-state index is 0.0210. The molecule has 3 heterocycles. The quantitative estimate of drug-likeness (QED) is 0.138. The van der Waals surface area contributed by atoms with Crippen molar-refractivity contribution in [3.8, 4) is 5.75 Å². The smallest absolute Gasteiger partial charge is 0.323 e. The Bertz CT molecular complexity index is 1710. The summed E-state index contributed by atoms with van der Waals surface area (Å²) in [5, 5.41) is 26.2. The summed E-state index contributed by atoms with van der Waals surface area (Å²) in [6.07, 6.45) is -7.10. The molecule has 1 aliphatic rings. The molecule has 4 aromatic rings. The van der Waals surface area contributed by atoms with Crippen LogP contribution in [-0.4, -0.2) is 78.7 Å². The van der Waals surface area contributed by atoms with E-state index in [4.69, 9.17) is 36.1 Å². The standard InChI is InChI=1S/C27H31F2N6O7PS/c1-14(2)40-25(38)15(3)34-43(44,42-18-10-6-8-16-7-4-5-9-17(16)18)39-11-27(26(28)29)21(37)20(36)24(41-27)35-13-33-19-22(30)31-12-32-23(19)35/h4-10,12-15,20-21,24,26,36-37H,11H2,1-3H3,(H,34,44)(H2,30,31,32)/t15-,20+,21+,24+,27+,43?/m0/s1. The molecule has 0 spiro atoms. The number of halogens is 2. The van der Waals surface area contributed by atoms with E-state index < -0.39 is 61.8 Å². The Morgan fingerprint density at radius 1 is 1.18 bits per heavy atom. The van der Waals surface area contributed by atoms with Crippen LogP contribution in [0.5, 0.6) is 5.75 Å². The average molecular weight is 653 g/mol. The number of nitrogens with one attached hydrogen (secondary N) is 1. The number of fused-ring (bicyclic) bond motifs is 2. The van der Waals surface area contributed by atoms with E-state index in [1.54, 1.807) is 38.1 Å². The lowest BCUT2D eigenvalue weighted by Gasteiger charge is -2.34. The van der Waals surface area contributed by atoms with E-state index in [1.165, 1.54) is 13.3 Å². The number of alkyl halides is 2. The number of nitrogen functional groups attached to an aromatic ring is 1. The number of esters is 1. The molecule has 0 radical (unpaired) electrons. The van der Waals surface area contributed by atoms with Crippen LogP contribution in [0.15, 0.2) is 55.1 Å². The second kappa shape index (κ2) is 12.6. The maximum Gasteiger partial charge on any atom is 0.323 e. The normalized spacial score (nSPS) is 24.2. The summed E-state index contributed by atoms with van der Waals surface area (Å²) in [4.78, 5) is 24.6. The molecule has 17 heteroatoms. The fourth-order valence-corrected chi connectivity index (χ4v) is 7.18. The van der Waals surface area contributed by atoms with E-state index in [2.05, 4.69) is 20.0 Å². The van der Waals surface area contributed by atoms with Gasteiger partial charge < -0.3 is 34.5 Å². The Balaban J connectivity index is 1.47. The van der Waals surface area contributed by atoms with Gasteiger partial charge in [0.25, 0.3) is 6.43 Å². The van der Waals surface area contributed by atoms with Crippen molar-refractivity contribution in [2.75, 3.05) is 12.3 Å². The summed E-state index contributed by atoms with van der Waals surface area (Å²) in [5.74, 6) is -0.390. The number of carbonyl (C=O) groups excluding carboxylic acids is 1. The highest BCUT2D eigenvalue weighted by Crippen LogP contribution is 2.50. The number of rotatable bonds is 11. The van der Waals surface area contributed by atoms with Crippen molar-refractivity contribution in [3.63, 3.8) is 0 Å². The number of aliphatic hydroxyl groups excluding tert-OH is 2. The fourth-order valence-electron chi connectivity index (χ4n) is 4.75. The zero-order valence-electron chi connectivity index (χ0n) is 23.8. The Labute approximate surface area is 255 Å². The van der Waals surface area contributed by atoms with Crippen LogP contribution in [0.25, 0.3) is 21.9 Å². The van der Waals surface area contributed by atoms with Crippen LogP contribution in [0.4, 0.5) is 14.6 Å². The molecule has 0 amide bonds. The van der Waals surface area contributed by atoms with Crippen LogP contribution in [-0.2, 0) is 30.6 Å². The van der Waals surface area contributed by atoms with Gasteiger partial charge in [-0.1, -0.05) is 36.4 Å². The number of benzene rings is 2. The Morgan fingerprint density at radius 3 is 2.64 bits per heavy atom. The Morgan fingerprint density at radius 2 is 1.91 bits per heavy atom. The van der Waals surface area contributed by atoms with Gasteiger partial charge in [-0.05, 0) is 44.0 Å². The number of anilines is 1. The third-order valence-corrected chi connectivity index (χ3v) is 9.44. The molecule has 1 unspecified atom stereocenters. The van der Waals surface area contributed by atoms with Gasteiger partial charge in [-0.25, -0.2) is 28.8 Å². The van der Waals surface area contributed by atoms with E-state index in [0.29, 0.717) is 5.39 Å². The number of carbonyl (C=O) groups is 1. The highest BCUT2D eigenvalue weighted by atomic mass is 32.5. The number of aliphatic hydroxyl groups is 2. The first-order chi connectivity index (χ1) is 20.8. The summed E-state index contributed by atoms with van der Waals surface area (Å²) in [6.45, 7) is -0.127. The molecule has 236 valence electrons. The maximum absolute atomic E-state index is 14.9. The van der Waals surface area contributed by atoms with Crippen LogP contribution < -0.4 is 15.3 Å². The number of imidazole rings is 1. The summed E-state index contributed by atoms with van der Waals surface area (Å²) in [6, 6.07) is 11.3. The highest BCUT2D eigenvalue weighted by molar-refractivity contribution is 8.09. The molecule has 2 aromatic carbocycles. The zero-order chi connectivity index (χ0) is 31.8. The molecule has 5 N–H and O–H groups in total. The fraction of sp³-hybridized carbons (Fsp3) is 0.407. The molecule has 1 aliphatic heterocycles. The second-order valence-electron chi connectivity index (χ2n) is 10.5. The van der Waals surface area contributed by atoms with Crippen molar-refractivity contribution >= 4 is 52.2 Å². The van der Waals surface area contributed by atoms with E-state index in [0.717, 1.165) is 16.3 Å². The van der Waals surface area contributed by atoms with Crippen LogP contribution in [0.1, 0.15) is 27.0 Å². The molecular weight excluding hydrogens is 621 g/mol. The molecule has 0 saturated carbocycles. The largest absolute Gasteiger partial charge is 0.462 e. The summed E-state index contributed by atoms with van der Waals surface area (Å²) in [5.41, 5.74) is 3.28. The molecule has 0 bridgehead atoms. The molecule has 6 atom stereocenters. The molecule has 5 rings (SSSR count). The van der Waals surface area contributed by atoms with Crippen molar-refractivity contribution < 1.29 is 42.3 Å². The lowest BCUT2D eigenvalue weighted by atomic mass is 9.96. The van der Waals surface area contributed by atoms with Gasteiger partial charge in [0, 0.05) is 5.39 Å². The van der Waals surface area contributed by atoms with Crippen molar-refractivity contribution in [2.45, 2.75) is 63.4 Å². The van der Waals surface area contributed by atoms with Gasteiger partial charge in [-0.3, -0.25) is 9.36 Å². The van der Waals surface area contributed by atoms with Gasteiger partial charge in [-0.15, -0.1) is 0 Å². The van der Waals surface area contributed by atoms with E-state index in [1.807, 2.05) is 18.2 Å². The van der Waals surface area contributed by atoms with Crippen molar-refractivity contribution in [2.24, 2.45) is 0 Å². The Hall–Kier alpha value is -3.37. The lowest BCUT2D eigenvalue weighted by molar-refractivity contribution is -0.191. The number of ether oxygens (including phenoxy) is 2. The number of nitrogens with zero attached hydrogens (tertiary/aromatic N) is 4. The minimum atomic E-state index is -3.89. The second-order valence-corrected chi connectivity index (χ2v) is 13.6. The Kier molecular flexibility index (Phi) is 9.14. The third kappa shape index (κ3) is 6.11. The van der Waals surface area contributed by atoms with Gasteiger partial charge in [-0.2, -0.15) is 0 Å². The number of nitrogens with two attached hydrogens (primary N) is 1. The minimum Gasteiger partial charge on any atom is -0.462 e. The number of hydrogen-bond donors (Lipinski definition) is 4. The van der Waals surface area contributed by atoms with E-state index in [9.17, 15) is 23.8 Å². The van der Waals surface area contributed by atoms with Crippen LogP contribution in [0.3, 0.4) is 0 Å². The first-order valence-corrected chi connectivity index (χ1v) is 16.1. The average Bonchev–Trinajstić information content (AvgIpc) is 3.52. The zero-order valence-corrected chi connectivity index (χ0v) is 25.5. The molecule has 2 aromatic heterocycles. The summed E-state index contributed by atoms with van der Waals surface area (Å²) >= 11 is 5.74. The van der Waals surface area contributed by atoms with E-state index in [-0.39, 0.29) is 22.7 Å². The predicted molar refractivity (Wildman–Crippen MR) is 159 cm³/mol. The van der Waals surface area contributed by atoms with Gasteiger partial charge >= 0.3 is 12.6 Å². The molecule has 13 nitrogen and oxygen atoms in total. The van der Waals surface area contributed by atoms with Crippen LogP contribution >= 0.6 is 6.64 Å². The summed E-state index contributed by atoms with van der Waals surface area (Å²) in [7, 11) is 0.